The smallest absolute Gasteiger partial charge is 0.253 e. The summed E-state index contributed by atoms with van der Waals surface area (Å²) in [6.45, 7) is 4.34. The van der Waals surface area contributed by atoms with Gasteiger partial charge in [0, 0.05) is 42.1 Å². The molecule has 176 valence electrons. The van der Waals surface area contributed by atoms with E-state index in [1.807, 2.05) is 50.2 Å². The molecule has 3 rings (SSSR count). The number of carbonyl (C=O) groups excluding carboxylic acids is 3. The van der Waals surface area contributed by atoms with Crippen molar-refractivity contribution in [2.75, 3.05) is 24.2 Å². The van der Waals surface area contributed by atoms with E-state index in [-0.39, 0.29) is 30.3 Å². The Labute approximate surface area is 200 Å². The molecule has 0 heterocycles. The fraction of sp³-hybridized carbons (Fsp3) is 0.222. The lowest BCUT2D eigenvalue weighted by molar-refractivity contribution is -0.114. The number of nitrogens with one attached hydrogen (secondary N) is 3. The van der Waals surface area contributed by atoms with Gasteiger partial charge in [-0.25, -0.2) is 0 Å². The molecule has 0 unspecified atom stereocenters. The van der Waals surface area contributed by atoms with Crippen molar-refractivity contribution in [3.05, 3.63) is 95.6 Å². The fourth-order valence-electron chi connectivity index (χ4n) is 3.35. The predicted octanol–water partition coefficient (Wildman–Crippen LogP) is 4.15. The van der Waals surface area contributed by atoms with Crippen LogP contribution in [0.25, 0.3) is 0 Å². The Morgan fingerprint density at radius 3 is 2.21 bits per heavy atom. The predicted molar refractivity (Wildman–Crippen MR) is 135 cm³/mol. The third kappa shape index (κ3) is 7.20. The zero-order valence-electron chi connectivity index (χ0n) is 19.7. The van der Waals surface area contributed by atoms with Gasteiger partial charge in [0.05, 0.1) is 6.54 Å². The molecule has 0 aliphatic heterocycles. The van der Waals surface area contributed by atoms with Gasteiger partial charge >= 0.3 is 0 Å². The average molecular weight is 459 g/mol. The largest absolute Gasteiger partial charge is 0.376 e. The highest BCUT2D eigenvalue weighted by Gasteiger charge is 2.13. The molecule has 0 saturated heterocycles. The van der Waals surface area contributed by atoms with E-state index in [4.69, 9.17) is 0 Å². The fourth-order valence-corrected chi connectivity index (χ4v) is 3.35. The molecule has 3 N–H and O–H groups in total. The van der Waals surface area contributed by atoms with E-state index in [9.17, 15) is 14.4 Å². The summed E-state index contributed by atoms with van der Waals surface area (Å²) in [5.74, 6) is -0.491. The van der Waals surface area contributed by atoms with Gasteiger partial charge in [0.25, 0.3) is 11.8 Å². The number of rotatable bonds is 9. The third-order valence-corrected chi connectivity index (χ3v) is 5.02. The van der Waals surface area contributed by atoms with Gasteiger partial charge in [-0.2, -0.15) is 0 Å². The van der Waals surface area contributed by atoms with Crippen molar-refractivity contribution in [3.8, 4) is 0 Å². The van der Waals surface area contributed by atoms with E-state index in [1.54, 1.807) is 54.4 Å². The van der Waals surface area contributed by atoms with E-state index in [0.717, 1.165) is 5.56 Å². The number of anilines is 2. The summed E-state index contributed by atoms with van der Waals surface area (Å²) < 4.78 is 0. The molecule has 0 aliphatic carbocycles. The molecular formula is C27H30N4O3. The van der Waals surface area contributed by atoms with Crippen molar-refractivity contribution in [2.45, 2.75) is 26.4 Å². The van der Waals surface area contributed by atoms with Crippen LogP contribution >= 0.6 is 0 Å². The van der Waals surface area contributed by atoms with Crippen LogP contribution in [0.5, 0.6) is 0 Å². The second-order valence-electron chi connectivity index (χ2n) is 8.33. The first-order valence-electron chi connectivity index (χ1n) is 11.2. The Morgan fingerprint density at radius 1 is 0.824 bits per heavy atom. The van der Waals surface area contributed by atoms with Crippen LogP contribution in [-0.4, -0.2) is 42.3 Å². The van der Waals surface area contributed by atoms with E-state index in [0.29, 0.717) is 29.0 Å². The Kier molecular flexibility index (Phi) is 8.40. The number of nitrogens with zero attached hydrogens (tertiary/aromatic N) is 1. The van der Waals surface area contributed by atoms with Crippen molar-refractivity contribution >= 4 is 29.1 Å². The summed E-state index contributed by atoms with van der Waals surface area (Å²) in [6, 6.07) is 23.6. The van der Waals surface area contributed by atoms with E-state index in [2.05, 4.69) is 16.0 Å². The molecular weight excluding hydrogens is 428 g/mol. The van der Waals surface area contributed by atoms with Gasteiger partial charge in [-0.3, -0.25) is 14.4 Å². The molecule has 34 heavy (non-hydrogen) atoms. The molecule has 0 spiro atoms. The molecule has 0 atom stereocenters. The lowest BCUT2D eigenvalue weighted by Gasteiger charge is -2.18. The minimum absolute atomic E-state index is 0.0348. The Balaban J connectivity index is 1.52. The summed E-state index contributed by atoms with van der Waals surface area (Å²) in [7, 11) is 1.76. The molecule has 0 aromatic heterocycles. The molecule has 0 fully saturated rings. The van der Waals surface area contributed by atoms with Crippen molar-refractivity contribution in [3.63, 3.8) is 0 Å². The third-order valence-electron chi connectivity index (χ3n) is 5.02. The number of hydrogen-bond acceptors (Lipinski definition) is 4. The van der Waals surface area contributed by atoms with Gasteiger partial charge in [-0.15, -0.1) is 0 Å². The van der Waals surface area contributed by atoms with Crippen molar-refractivity contribution in [1.82, 2.24) is 10.2 Å². The Morgan fingerprint density at radius 2 is 1.53 bits per heavy atom. The molecule has 3 amide bonds. The van der Waals surface area contributed by atoms with Crippen molar-refractivity contribution < 1.29 is 14.4 Å². The highest BCUT2D eigenvalue weighted by atomic mass is 16.2. The molecule has 0 bridgehead atoms. The molecule has 0 saturated carbocycles. The van der Waals surface area contributed by atoms with E-state index in [1.165, 1.54) is 0 Å². The van der Waals surface area contributed by atoms with Crippen LogP contribution in [0, 0.1) is 0 Å². The van der Waals surface area contributed by atoms with Gasteiger partial charge in [0.15, 0.2) is 0 Å². The van der Waals surface area contributed by atoms with E-state index < -0.39 is 0 Å². The van der Waals surface area contributed by atoms with Crippen LogP contribution in [0.3, 0.4) is 0 Å². The van der Waals surface area contributed by atoms with Crippen LogP contribution in [-0.2, 0) is 11.3 Å². The quantitative estimate of drug-likeness (QED) is 0.449. The summed E-state index contributed by atoms with van der Waals surface area (Å²) in [5, 5.41) is 8.67. The average Bonchev–Trinajstić information content (AvgIpc) is 2.83. The number of hydrogen-bond donors (Lipinski definition) is 3. The lowest BCUT2D eigenvalue weighted by Crippen LogP contribution is -2.30. The number of benzene rings is 3. The minimum Gasteiger partial charge on any atom is -0.376 e. The van der Waals surface area contributed by atoms with Crippen LogP contribution < -0.4 is 16.0 Å². The number of amides is 3. The van der Waals surface area contributed by atoms with Crippen molar-refractivity contribution in [1.29, 1.82) is 0 Å². The normalized spacial score (nSPS) is 10.5. The lowest BCUT2D eigenvalue weighted by atomic mass is 10.1. The second-order valence-corrected chi connectivity index (χ2v) is 8.33. The first-order chi connectivity index (χ1) is 16.3. The van der Waals surface area contributed by atoms with E-state index >= 15 is 0 Å². The van der Waals surface area contributed by atoms with Crippen LogP contribution in [0.4, 0.5) is 11.4 Å². The van der Waals surface area contributed by atoms with Gasteiger partial charge < -0.3 is 20.9 Å². The number of carbonyl (C=O) groups is 3. The maximum atomic E-state index is 12.8. The molecule has 0 radical (unpaired) electrons. The molecule has 7 heteroatoms. The van der Waals surface area contributed by atoms with Crippen LogP contribution in [0.2, 0.25) is 0 Å². The first-order valence-corrected chi connectivity index (χ1v) is 11.2. The maximum Gasteiger partial charge on any atom is 0.253 e. The first kappa shape index (κ1) is 24.5. The summed E-state index contributed by atoms with van der Waals surface area (Å²) in [6.07, 6.45) is 0. The zero-order valence-corrected chi connectivity index (χ0v) is 19.7. The highest BCUT2D eigenvalue weighted by Crippen LogP contribution is 2.14. The Hall–Kier alpha value is -4.13. The standard InChI is InChI=1S/C27H30N4O3/c1-19(2)29-26(33)21-12-14-23(15-13-21)30-25(32)17-28-24-11-7-10-22(16-24)27(34)31(3)18-20-8-5-4-6-9-20/h4-16,19,28H,17-18H2,1-3H3,(H,29,33)(H,30,32). The van der Waals surface area contributed by atoms with Crippen LogP contribution in [0.1, 0.15) is 40.1 Å². The molecule has 0 aliphatic rings. The van der Waals surface area contributed by atoms with Gasteiger partial charge in [0.1, 0.15) is 0 Å². The molecule has 3 aromatic rings. The summed E-state index contributed by atoms with van der Waals surface area (Å²) in [5.41, 5.74) is 3.40. The second kappa shape index (κ2) is 11.7. The van der Waals surface area contributed by atoms with Crippen LogP contribution in [0.15, 0.2) is 78.9 Å². The highest BCUT2D eigenvalue weighted by molar-refractivity contribution is 5.97. The Bertz CT molecular complexity index is 1130. The van der Waals surface area contributed by atoms with Gasteiger partial charge in [-0.05, 0) is 61.9 Å². The zero-order chi connectivity index (χ0) is 24.5. The minimum atomic E-state index is -0.239. The SMILES string of the molecule is CC(C)NC(=O)c1ccc(NC(=O)CNc2cccc(C(=O)N(C)Cc3ccccc3)c2)cc1. The summed E-state index contributed by atoms with van der Waals surface area (Å²) in [4.78, 5) is 38.8. The summed E-state index contributed by atoms with van der Waals surface area (Å²) >= 11 is 0. The van der Waals surface area contributed by atoms with Crippen molar-refractivity contribution in [2.24, 2.45) is 0 Å². The molecule has 3 aromatic carbocycles. The topological polar surface area (TPSA) is 90.5 Å². The molecule has 7 nitrogen and oxygen atoms in total. The monoisotopic (exact) mass is 458 g/mol. The van der Waals surface area contributed by atoms with Gasteiger partial charge in [-0.1, -0.05) is 36.4 Å². The maximum absolute atomic E-state index is 12.8. The van der Waals surface area contributed by atoms with Gasteiger partial charge in [0.2, 0.25) is 5.91 Å².